The number of nitrogens with one attached hydrogen (secondary N) is 1. The van der Waals surface area contributed by atoms with Gasteiger partial charge >= 0.3 is 5.97 Å². The van der Waals surface area contributed by atoms with Gasteiger partial charge in [-0.1, -0.05) is 24.3 Å². The van der Waals surface area contributed by atoms with E-state index in [-0.39, 0.29) is 0 Å². The molecule has 6 heteroatoms. The smallest absolute Gasteiger partial charge is 0.328 e. The Morgan fingerprint density at radius 1 is 1.23 bits per heavy atom. The maximum absolute atomic E-state index is 11.0. The van der Waals surface area contributed by atoms with Crippen LogP contribution in [0.15, 0.2) is 36.4 Å². The molecule has 1 aliphatic carbocycles. The number of carboxylic acid groups (broad SMARTS) is 2. The van der Waals surface area contributed by atoms with Crippen LogP contribution in [-0.4, -0.2) is 42.8 Å². The third kappa shape index (κ3) is 7.80. The molecular formula is C20H29NO5. The fraction of sp³-hybridized carbons (Fsp3) is 0.500. The fourth-order valence-corrected chi connectivity index (χ4v) is 3.19. The second kappa shape index (κ2) is 10.7. The van der Waals surface area contributed by atoms with E-state index in [1.54, 1.807) is 0 Å². The number of hydrogen-bond donors (Lipinski definition) is 3. The Bertz CT molecular complexity index is 610. The first-order valence-corrected chi connectivity index (χ1v) is 8.96. The molecule has 3 N–H and O–H groups in total. The molecule has 0 bridgehead atoms. The molecule has 144 valence electrons. The zero-order valence-electron chi connectivity index (χ0n) is 15.5. The summed E-state index contributed by atoms with van der Waals surface area (Å²) in [5, 5.41) is 28.2. The van der Waals surface area contributed by atoms with E-state index < -0.39 is 17.5 Å². The Morgan fingerprint density at radius 2 is 1.92 bits per heavy atom. The van der Waals surface area contributed by atoms with Crippen molar-refractivity contribution in [3.8, 4) is 0 Å². The van der Waals surface area contributed by atoms with Crippen molar-refractivity contribution in [3.63, 3.8) is 0 Å². The van der Waals surface area contributed by atoms with Crippen LogP contribution in [0.4, 0.5) is 0 Å². The first-order chi connectivity index (χ1) is 12.2. The summed E-state index contributed by atoms with van der Waals surface area (Å²) >= 11 is 0. The minimum atomic E-state index is -1.51. The highest BCUT2D eigenvalue weighted by atomic mass is 16.4. The fourth-order valence-electron chi connectivity index (χ4n) is 3.19. The molecule has 0 fully saturated rings. The molecule has 1 unspecified atom stereocenters. The summed E-state index contributed by atoms with van der Waals surface area (Å²) in [6.07, 6.45) is 7.32. The molecule has 2 rings (SSSR count). The molecule has 26 heavy (non-hydrogen) atoms. The van der Waals surface area contributed by atoms with Gasteiger partial charge in [-0.3, -0.25) is 0 Å². The van der Waals surface area contributed by atoms with Crippen LogP contribution >= 0.6 is 0 Å². The molecule has 0 aromatic heterocycles. The summed E-state index contributed by atoms with van der Waals surface area (Å²) in [5.74, 6) is -2.80. The number of aliphatic hydroxyl groups is 1. The summed E-state index contributed by atoms with van der Waals surface area (Å²) in [5.41, 5.74) is 1.97. The highest BCUT2D eigenvalue weighted by Crippen LogP contribution is 2.37. The van der Waals surface area contributed by atoms with E-state index in [4.69, 9.17) is 5.11 Å². The van der Waals surface area contributed by atoms with E-state index in [2.05, 4.69) is 38.4 Å². The topological polar surface area (TPSA) is 102 Å². The molecule has 0 radical (unpaired) electrons. The van der Waals surface area contributed by atoms with Crippen molar-refractivity contribution in [1.82, 2.24) is 0 Å². The molecule has 0 heterocycles. The van der Waals surface area contributed by atoms with Crippen molar-refractivity contribution in [3.05, 3.63) is 47.5 Å². The lowest BCUT2D eigenvalue weighted by Gasteiger charge is -2.29. The van der Waals surface area contributed by atoms with Crippen molar-refractivity contribution in [2.24, 2.45) is 0 Å². The number of fused-ring (bicyclic) bond motifs is 1. The van der Waals surface area contributed by atoms with Gasteiger partial charge in [-0.15, -0.1) is 0 Å². The quantitative estimate of drug-likeness (QED) is 0.484. The third-order valence-corrected chi connectivity index (χ3v) is 4.43. The lowest BCUT2D eigenvalue weighted by Crippen LogP contribution is -3.05. The van der Waals surface area contributed by atoms with Crippen molar-refractivity contribution in [2.75, 3.05) is 20.6 Å². The van der Waals surface area contributed by atoms with E-state index in [1.807, 2.05) is 0 Å². The van der Waals surface area contributed by atoms with Crippen LogP contribution in [0.2, 0.25) is 0 Å². The normalized spacial score (nSPS) is 19.4. The van der Waals surface area contributed by atoms with Crippen LogP contribution in [0.1, 0.15) is 43.2 Å². The van der Waals surface area contributed by atoms with Gasteiger partial charge in [0.2, 0.25) is 0 Å². The predicted molar refractivity (Wildman–Crippen MR) is 96.6 cm³/mol. The minimum Gasteiger partial charge on any atom is -0.545 e. The van der Waals surface area contributed by atoms with Gasteiger partial charge in [0.25, 0.3) is 0 Å². The molecule has 0 spiro atoms. The second-order valence-corrected chi connectivity index (χ2v) is 6.95. The van der Waals surface area contributed by atoms with Crippen LogP contribution < -0.4 is 10.0 Å². The molecule has 0 aliphatic heterocycles. The number of benzene rings is 1. The van der Waals surface area contributed by atoms with Gasteiger partial charge in [-0.25, -0.2) is 4.79 Å². The van der Waals surface area contributed by atoms with Crippen LogP contribution in [0, 0.1) is 0 Å². The predicted octanol–water partition coefficient (Wildman–Crippen LogP) is -0.0976. The van der Waals surface area contributed by atoms with E-state index >= 15 is 0 Å². The Balaban J connectivity index is 0.000000359. The van der Waals surface area contributed by atoms with Crippen molar-refractivity contribution < 1.29 is 29.8 Å². The average molecular weight is 363 g/mol. The largest absolute Gasteiger partial charge is 0.545 e. The Labute approximate surface area is 154 Å². The van der Waals surface area contributed by atoms with Crippen LogP contribution in [-0.2, 0) is 21.6 Å². The average Bonchev–Trinajstić information content (AvgIpc) is 2.73. The highest BCUT2D eigenvalue weighted by molar-refractivity contribution is 5.88. The molecule has 0 saturated carbocycles. The maximum Gasteiger partial charge on any atom is 0.328 e. The molecule has 1 atom stereocenters. The number of carboxylic acids is 2. The number of hydrogen-bond acceptors (Lipinski definition) is 4. The standard InChI is InChI=1S/C16H25NO.C4H4O4/c1-17(2)13-7-12-16(18)11-6-5-9-14-8-3-4-10-15(14)16;5-3(6)1-2-4(7)8/h3-4,8,10,18H,5-7,9,11-13H2,1-2H3;1-2H,(H,5,6)(H,7,8)/b;2-1-. The highest BCUT2D eigenvalue weighted by Gasteiger charge is 2.32. The Morgan fingerprint density at radius 3 is 2.50 bits per heavy atom. The van der Waals surface area contributed by atoms with Gasteiger partial charge in [0.1, 0.15) is 0 Å². The first kappa shape index (κ1) is 21.9. The molecule has 1 aromatic rings. The minimum absolute atomic E-state index is 0.447. The number of carbonyl (C=O) groups excluding carboxylic acids is 1. The summed E-state index contributed by atoms with van der Waals surface area (Å²) in [6, 6.07) is 8.47. The number of aliphatic carboxylic acids is 2. The summed E-state index contributed by atoms with van der Waals surface area (Å²) in [6.45, 7) is 1.13. The summed E-state index contributed by atoms with van der Waals surface area (Å²) in [4.78, 5) is 20.4. The Kier molecular flexibility index (Phi) is 9.02. The molecule has 6 nitrogen and oxygen atoms in total. The van der Waals surface area contributed by atoms with Gasteiger partial charge in [-0.2, -0.15) is 0 Å². The maximum atomic E-state index is 11.0. The van der Waals surface area contributed by atoms with Crippen molar-refractivity contribution in [1.29, 1.82) is 0 Å². The SMILES string of the molecule is C[NH+](C)CCCC1(O)CCCCc2ccccc21.O=C([O-])/C=C\C(=O)O. The van der Waals surface area contributed by atoms with E-state index in [0.29, 0.717) is 12.2 Å². The van der Waals surface area contributed by atoms with Crippen molar-refractivity contribution in [2.45, 2.75) is 44.1 Å². The van der Waals surface area contributed by atoms with E-state index in [9.17, 15) is 19.8 Å². The molecular weight excluding hydrogens is 334 g/mol. The number of carbonyl (C=O) groups is 2. The summed E-state index contributed by atoms with van der Waals surface area (Å²) in [7, 11) is 4.34. The Hall–Kier alpha value is -2.18. The number of aryl methyl sites for hydroxylation is 1. The lowest BCUT2D eigenvalue weighted by molar-refractivity contribution is -0.858. The zero-order valence-corrected chi connectivity index (χ0v) is 15.5. The van der Waals surface area contributed by atoms with Crippen LogP contribution in [0.5, 0.6) is 0 Å². The van der Waals surface area contributed by atoms with Gasteiger partial charge < -0.3 is 25.0 Å². The molecule has 0 amide bonds. The molecule has 0 saturated heterocycles. The van der Waals surface area contributed by atoms with E-state index in [0.717, 1.165) is 38.6 Å². The lowest BCUT2D eigenvalue weighted by atomic mass is 9.84. The van der Waals surface area contributed by atoms with Gasteiger partial charge in [0.15, 0.2) is 0 Å². The van der Waals surface area contributed by atoms with Gasteiger partial charge in [0.05, 0.1) is 32.2 Å². The summed E-state index contributed by atoms with van der Waals surface area (Å²) < 4.78 is 0. The van der Waals surface area contributed by atoms with Crippen molar-refractivity contribution >= 4 is 11.9 Å². The number of rotatable bonds is 6. The molecule has 1 aliphatic rings. The third-order valence-electron chi connectivity index (χ3n) is 4.43. The number of quaternary nitrogens is 1. The second-order valence-electron chi connectivity index (χ2n) is 6.95. The zero-order chi connectivity index (χ0) is 19.6. The molecule has 1 aromatic carbocycles. The monoisotopic (exact) mass is 363 g/mol. The first-order valence-electron chi connectivity index (χ1n) is 8.96. The van der Waals surface area contributed by atoms with Crippen LogP contribution in [0.3, 0.4) is 0 Å². The van der Waals surface area contributed by atoms with Gasteiger partial charge in [0, 0.05) is 6.08 Å². The van der Waals surface area contributed by atoms with Gasteiger partial charge in [-0.05, 0) is 55.7 Å². The van der Waals surface area contributed by atoms with Crippen LogP contribution in [0.25, 0.3) is 0 Å². The van der Waals surface area contributed by atoms with E-state index in [1.165, 1.54) is 22.4 Å².